The lowest BCUT2D eigenvalue weighted by molar-refractivity contribution is -0.110. The van der Waals surface area contributed by atoms with Gasteiger partial charge in [0, 0.05) is 11.5 Å². The lowest BCUT2D eigenvalue weighted by Crippen LogP contribution is -2.41. The Labute approximate surface area is 160 Å². The number of aliphatic hydroxyl groups excluding tert-OH is 1. The highest BCUT2D eigenvalue weighted by atomic mass is 16.6. The van der Waals surface area contributed by atoms with Crippen LogP contribution in [0.25, 0.3) is 6.08 Å². The average molecular weight is 368 g/mol. The smallest absolute Gasteiger partial charge is 0.182 e. The standard InChI is InChI=1S/C23H28O4/c1-16-14-17(7-9-20(16)26)6-8-18(24)15-19(25)10-13-23-21(2,3)11-5-12-22(23,4)27-23/h6-10,13-15,24,26H,5,11-12H2,1-4H3/b8-6+,13-10+,18-15-. The fourth-order valence-corrected chi connectivity index (χ4v) is 4.32. The maximum atomic E-state index is 12.2. The van der Waals surface area contributed by atoms with Gasteiger partial charge in [-0.3, -0.25) is 4.79 Å². The molecule has 0 bridgehead atoms. The molecule has 144 valence electrons. The number of fused-ring (bicyclic) bond motifs is 1. The molecule has 1 saturated heterocycles. The maximum Gasteiger partial charge on any atom is 0.182 e. The van der Waals surface area contributed by atoms with E-state index in [-0.39, 0.29) is 28.3 Å². The van der Waals surface area contributed by atoms with E-state index in [9.17, 15) is 15.0 Å². The summed E-state index contributed by atoms with van der Waals surface area (Å²) in [4.78, 5) is 12.2. The second-order valence-electron chi connectivity index (χ2n) is 8.49. The third-order valence-corrected chi connectivity index (χ3v) is 6.03. The zero-order valence-corrected chi connectivity index (χ0v) is 16.5. The van der Waals surface area contributed by atoms with E-state index in [1.54, 1.807) is 31.2 Å². The summed E-state index contributed by atoms with van der Waals surface area (Å²) < 4.78 is 6.09. The van der Waals surface area contributed by atoms with Crippen LogP contribution in [0.3, 0.4) is 0 Å². The van der Waals surface area contributed by atoms with Gasteiger partial charge in [-0.2, -0.15) is 0 Å². The Morgan fingerprint density at radius 2 is 1.93 bits per heavy atom. The third-order valence-electron chi connectivity index (χ3n) is 6.03. The van der Waals surface area contributed by atoms with E-state index in [1.807, 2.05) is 6.08 Å². The van der Waals surface area contributed by atoms with Crippen LogP contribution in [-0.2, 0) is 9.53 Å². The summed E-state index contributed by atoms with van der Waals surface area (Å²) in [6.07, 6.45) is 11.0. The zero-order valence-electron chi connectivity index (χ0n) is 16.5. The minimum Gasteiger partial charge on any atom is -0.508 e. The van der Waals surface area contributed by atoms with Gasteiger partial charge in [0.1, 0.15) is 17.1 Å². The number of carbonyl (C=O) groups excluding carboxylic acids is 1. The maximum absolute atomic E-state index is 12.2. The normalized spacial score (nSPS) is 29.9. The molecule has 1 saturated carbocycles. The average Bonchev–Trinajstić information content (AvgIpc) is 3.22. The van der Waals surface area contributed by atoms with Gasteiger partial charge in [0.2, 0.25) is 0 Å². The Morgan fingerprint density at radius 1 is 1.19 bits per heavy atom. The molecule has 0 amide bonds. The first kappa shape index (κ1) is 19.4. The Kier molecular flexibility index (Phi) is 4.81. The molecule has 4 nitrogen and oxygen atoms in total. The van der Waals surface area contributed by atoms with Gasteiger partial charge < -0.3 is 14.9 Å². The van der Waals surface area contributed by atoms with Crippen LogP contribution in [0, 0.1) is 12.3 Å². The zero-order chi connectivity index (χ0) is 19.9. The van der Waals surface area contributed by atoms with Gasteiger partial charge in [0.15, 0.2) is 5.78 Å². The molecule has 3 rings (SSSR count). The number of aliphatic hydroxyl groups is 1. The molecule has 2 aliphatic rings. The van der Waals surface area contributed by atoms with Crippen molar-refractivity contribution >= 4 is 11.9 Å². The van der Waals surface area contributed by atoms with E-state index in [1.165, 1.54) is 18.2 Å². The minimum atomic E-state index is -0.392. The summed E-state index contributed by atoms with van der Waals surface area (Å²) in [6, 6.07) is 5.14. The molecule has 0 radical (unpaired) electrons. The second-order valence-corrected chi connectivity index (χ2v) is 8.49. The number of phenols is 1. The minimum absolute atomic E-state index is 0.0147. The first-order valence-electron chi connectivity index (χ1n) is 9.40. The number of carbonyl (C=O) groups is 1. The number of hydrogen-bond acceptors (Lipinski definition) is 4. The predicted molar refractivity (Wildman–Crippen MR) is 107 cm³/mol. The number of rotatable bonds is 5. The number of benzene rings is 1. The van der Waals surface area contributed by atoms with Crippen LogP contribution in [-0.4, -0.2) is 27.2 Å². The molecule has 2 unspecified atom stereocenters. The Balaban J connectivity index is 1.68. The van der Waals surface area contributed by atoms with E-state index < -0.39 is 5.60 Å². The molecule has 27 heavy (non-hydrogen) atoms. The van der Waals surface area contributed by atoms with Crippen LogP contribution in [0.4, 0.5) is 0 Å². The largest absolute Gasteiger partial charge is 0.508 e. The summed E-state index contributed by atoms with van der Waals surface area (Å²) in [5, 5.41) is 19.5. The monoisotopic (exact) mass is 368 g/mol. The quantitative estimate of drug-likeness (QED) is 0.331. The number of hydrogen-bond donors (Lipinski definition) is 2. The predicted octanol–water partition coefficient (Wildman–Crippen LogP) is 5.02. The lowest BCUT2D eigenvalue weighted by atomic mass is 9.64. The summed E-state index contributed by atoms with van der Waals surface area (Å²) in [6.45, 7) is 8.28. The first-order chi connectivity index (χ1) is 12.6. The summed E-state index contributed by atoms with van der Waals surface area (Å²) in [5.41, 5.74) is 0.990. The molecule has 2 N–H and O–H groups in total. The molecule has 0 aromatic heterocycles. The molecule has 1 aromatic rings. The number of ether oxygens (including phenoxy) is 1. The van der Waals surface area contributed by atoms with Crippen molar-refractivity contribution in [3.63, 3.8) is 0 Å². The van der Waals surface area contributed by atoms with Crippen molar-refractivity contribution in [2.45, 2.75) is 58.2 Å². The molecule has 2 atom stereocenters. The molecule has 1 aliphatic heterocycles. The van der Waals surface area contributed by atoms with Crippen molar-refractivity contribution in [1.82, 2.24) is 0 Å². The Bertz CT molecular complexity index is 846. The Hall–Kier alpha value is -2.33. The van der Waals surface area contributed by atoms with Crippen LogP contribution in [0.1, 0.15) is 51.2 Å². The fourth-order valence-electron chi connectivity index (χ4n) is 4.32. The van der Waals surface area contributed by atoms with Gasteiger partial charge in [-0.1, -0.05) is 26.0 Å². The molecular formula is C23H28O4. The number of aromatic hydroxyl groups is 1. The van der Waals surface area contributed by atoms with Crippen molar-refractivity contribution in [1.29, 1.82) is 0 Å². The van der Waals surface area contributed by atoms with Crippen molar-refractivity contribution in [2.24, 2.45) is 5.41 Å². The number of phenolic OH excluding ortho intramolecular Hbond substituents is 1. The van der Waals surface area contributed by atoms with Gasteiger partial charge in [0.05, 0.1) is 5.60 Å². The molecule has 0 spiro atoms. The van der Waals surface area contributed by atoms with Crippen molar-refractivity contribution in [3.05, 3.63) is 59.4 Å². The highest BCUT2D eigenvalue weighted by Crippen LogP contribution is 2.65. The van der Waals surface area contributed by atoms with Crippen LogP contribution in [0.15, 0.2) is 48.3 Å². The lowest BCUT2D eigenvalue weighted by Gasteiger charge is -2.36. The van der Waals surface area contributed by atoms with Gasteiger partial charge >= 0.3 is 0 Å². The van der Waals surface area contributed by atoms with E-state index in [4.69, 9.17) is 4.74 Å². The van der Waals surface area contributed by atoms with Crippen LogP contribution < -0.4 is 0 Å². The second kappa shape index (κ2) is 6.68. The summed E-state index contributed by atoms with van der Waals surface area (Å²) in [7, 11) is 0. The molecule has 1 heterocycles. The fraction of sp³-hybridized carbons (Fsp3) is 0.435. The van der Waals surface area contributed by atoms with E-state index in [0.29, 0.717) is 0 Å². The molecule has 2 fully saturated rings. The Morgan fingerprint density at radius 3 is 2.59 bits per heavy atom. The number of aryl methyl sites for hydroxylation is 1. The molecule has 4 heteroatoms. The van der Waals surface area contributed by atoms with E-state index in [0.717, 1.165) is 30.4 Å². The molecule has 1 aliphatic carbocycles. The van der Waals surface area contributed by atoms with Crippen LogP contribution in [0.2, 0.25) is 0 Å². The highest BCUT2D eigenvalue weighted by Gasteiger charge is 2.73. The number of epoxide rings is 1. The van der Waals surface area contributed by atoms with Gasteiger partial charge in [-0.15, -0.1) is 0 Å². The summed E-state index contributed by atoms with van der Waals surface area (Å²) >= 11 is 0. The van der Waals surface area contributed by atoms with Crippen molar-refractivity contribution in [2.75, 3.05) is 0 Å². The SMILES string of the molecule is Cc1cc(/C=C/C(O)=C/C(=O)/C=C/C23OC2(C)CCCC3(C)C)ccc1O. The first-order valence-corrected chi connectivity index (χ1v) is 9.40. The van der Waals surface area contributed by atoms with Crippen molar-refractivity contribution < 1.29 is 19.7 Å². The third kappa shape index (κ3) is 3.59. The van der Waals surface area contributed by atoms with E-state index >= 15 is 0 Å². The van der Waals surface area contributed by atoms with Crippen LogP contribution >= 0.6 is 0 Å². The van der Waals surface area contributed by atoms with Gasteiger partial charge in [-0.05, 0) is 74.6 Å². The van der Waals surface area contributed by atoms with E-state index in [2.05, 4.69) is 20.8 Å². The molecule has 1 aromatic carbocycles. The van der Waals surface area contributed by atoms with Gasteiger partial charge in [0.25, 0.3) is 0 Å². The number of allylic oxidation sites excluding steroid dienone is 3. The highest BCUT2D eigenvalue weighted by molar-refractivity contribution is 6.00. The summed E-state index contributed by atoms with van der Waals surface area (Å²) in [5.74, 6) is -0.158. The van der Waals surface area contributed by atoms with Crippen molar-refractivity contribution in [3.8, 4) is 5.75 Å². The number of ketones is 1. The molecular weight excluding hydrogens is 340 g/mol. The van der Waals surface area contributed by atoms with Crippen LogP contribution in [0.5, 0.6) is 5.75 Å². The topological polar surface area (TPSA) is 70.1 Å². The van der Waals surface area contributed by atoms with Gasteiger partial charge in [-0.25, -0.2) is 0 Å².